The van der Waals surface area contributed by atoms with E-state index in [-0.39, 0.29) is 42.3 Å². The van der Waals surface area contributed by atoms with E-state index < -0.39 is 53.7 Å². The Morgan fingerprint density at radius 1 is 0.919 bits per heavy atom. The van der Waals surface area contributed by atoms with E-state index in [1.807, 2.05) is 58.1 Å². The minimum absolute atomic E-state index is 0.0682. The number of methoxy groups -OCH3 is 2. The summed E-state index contributed by atoms with van der Waals surface area (Å²) in [6.45, 7) is 13.5. The Bertz CT molecular complexity index is 1620. The lowest BCUT2D eigenvalue weighted by Gasteiger charge is -2.42. The van der Waals surface area contributed by atoms with Crippen LogP contribution in [0.15, 0.2) is 47.6 Å². The number of piperidine rings is 1. The van der Waals surface area contributed by atoms with Crippen molar-refractivity contribution in [2.75, 3.05) is 20.8 Å². The van der Waals surface area contributed by atoms with Crippen LogP contribution in [-0.2, 0) is 38.2 Å². The van der Waals surface area contributed by atoms with E-state index in [0.717, 1.165) is 36.2 Å². The lowest BCUT2D eigenvalue weighted by atomic mass is 9.80. The van der Waals surface area contributed by atoms with Crippen LogP contribution in [-0.4, -0.2) is 106 Å². The Labute approximate surface area is 371 Å². The first-order valence-electron chi connectivity index (χ1n) is 23.3. The number of ether oxygens (including phenoxy) is 3. The zero-order valence-corrected chi connectivity index (χ0v) is 39.2. The number of allylic oxidation sites excluding steroid dienone is 7. The predicted octanol–water partition coefficient (Wildman–Crippen LogP) is 8.13. The fourth-order valence-electron chi connectivity index (χ4n) is 9.50. The van der Waals surface area contributed by atoms with E-state index in [1.165, 1.54) is 20.0 Å². The average molecular weight is 870 g/mol. The van der Waals surface area contributed by atoms with Gasteiger partial charge in [0.15, 0.2) is 5.78 Å². The molecular weight excluding hydrogens is 791 g/mol. The van der Waals surface area contributed by atoms with Gasteiger partial charge < -0.3 is 34.4 Å². The molecule has 2 heterocycles. The number of ketones is 3. The largest absolute Gasteiger partial charge is 0.480 e. The molecule has 350 valence electrons. The number of likely N-dealkylation sites (tertiary alicyclic amines) is 1. The van der Waals surface area contributed by atoms with Gasteiger partial charge in [-0.3, -0.25) is 19.2 Å². The third-order valence-electron chi connectivity index (χ3n) is 13.6. The molecule has 2 aliphatic heterocycles. The van der Waals surface area contributed by atoms with Crippen LogP contribution in [0, 0.1) is 35.5 Å². The SMILES string of the molecule is CO[C@H]1CCCC(C[C@@H](C)CCC(=O)[C@H](C)/C=C(\C)[C@@H](O)[C@@H](OC)C(=O)[C@H](C)C[C@H](C)/C=C/C=C/C=C(\C)CC[C@@H]2CC[C@@H](C)[C@](O)(C(=O)C(=O)N3CCCC[C@H]3C(=O)O)O2)C1. The number of aliphatic hydroxyl groups is 2. The fraction of sp³-hybridized carbons (Fsp3) is 0.740. The number of hydrogen-bond donors (Lipinski definition) is 3. The number of aliphatic hydroxyl groups excluding tert-OH is 1. The molecule has 3 rings (SSSR count). The van der Waals surface area contributed by atoms with Crippen molar-refractivity contribution in [3.8, 4) is 0 Å². The molecule has 12 heteroatoms. The fourth-order valence-corrected chi connectivity index (χ4v) is 9.50. The van der Waals surface area contributed by atoms with Gasteiger partial charge in [-0.15, -0.1) is 0 Å². The van der Waals surface area contributed by atoms with E-state index in [4.69, 9.17) is 14.2 Å². The molecule has 1 saturated carbocycles. The second-order valence-corrected chi connectivity index (χ2v) is 19.0. The molecule has 3 N–H and O–H groups in total. The third kappa shape index (κ3) is 15.8. The highest BCUT2D eigenvalue weighted by Crippen LogP contribution is 2.36. The lowest BCUT2D eigenvalue weighted by Crippen LogP contribution is -2.60. The van der Waals surface area contributed by atoms with E-state index in [1.54, 1.807) is 27.0 Å². The second kappa shape index (κ2) is 25.9. The molecule has 0 bridgehead atoms. The summed E-state index contributed by atoms with van der Waals surface area (Å²) < 4.78 is 17.0. The Hall–Kier alpha value is -3.29. The van der Waals surface area contributed by atoms with Crippen LogP contribution in [0.4, 0.5) is 0 Å². The molecule has 1 aliphatic carbocycles. The van der Waals surface area contributed by atoms with Gasteiger partial charge in [-0.2, -0.15) is 0 Å². The second-order valence-electron chi connectivity index (χ2n) is 19.0. The van der Waals surface area contributed by atoms with Crippen molar-refractivity contribution in [2.24, 2.45) is 35.5 Å². The summed E-state index contributed by atoms with van der Waals surface area (Å²) >= 11 is 0. The number of carbonyl (C=O) groups excluding carboxylic acids is 4. The van der Waals surface area contributed by atoms with Crippen molar-refractivity contribution >= 4 is 29.2 Å². The number of carbonyl (C=O) groups is 5. The lowest BCUT2D eigenvalue weighted by molar-refractivity contribution is -0.263. The molecule has 0 aromatic heterocycles. The molecule has 1 unspecified atom stereocenters. The minimum atomic E-state index is -2.30. The van der Waals surface area contributed by atoms with E-state index in [9.17, 15) is 39.3 Å². The molecule has 12 nitrogen and oxygen atoms in total. The Morgan fingerprint density at radius 3 is 2.32 bits per heavy atom. The number of rotatable bonds is 24. The molecule has 3 aliphatic rings. The molecule has 12 atom stereocenters. The highest BCUT2D eigenvalue weighted by Gasteiger charge is 2.52. The summed E-state index contributed by atoms with van der Waals surface area (Å²) in [6.07, 6.45) is 20.7. The molecule has 62 heavy (non-hydrogen) atoms. The monoisotopic (exact) mass is 870 g/mol. The number of nitrogens with zero attached hydrogens (tertiary/aromatic N) is 1. The van der Waals surface area contributed by atoms with Crippen molar-refractivity contribution in [2.45, 2.75) is 181 Å². The first-order chi connectivity index (χ1) is 29.3. The van der Waals surface area contributed by atoms with Crippen LogP contribution < -0.4 is 0 Å². The van der Waals surface area contributed by atoms with Crippen LogP contribution in [0.1, 0.15) is 145 Å². The predicted molar refractivity (Wildman–Crippen MR) is 240 cm³/mol. The van der Waals surface area contributed by atoms with Crippen LogP contribution in [0.5, 0.6) is 0 Å². The molecule has 0 aromatic rings. The first kappa shape index (κ1) is 53.1. The quantitative estimate of drug-likeness (QED) is 0.0485. The van der Waals surface area contributed by atoms with Crippen molar-refractivity contribution in [1.29, 1.82) is 0 Å². The van der Waals surface area contributed by atoms with Gasteiger partial charge in [-0.05, 0) is 114 Å². The number of carboxylic acid groups (broad SMARTS) is 1. The average Bonchev–Trinajstić information content (AvgIpc) is 3.25. The zero-order valence-electron chi connectivity index (χ0n) is 39.2. The smallest absolute Gasteiger partial charge is 0.326 e. The molecule has 0 aromatic carbocycles. The van der Waals surface area contributed by atoms with Gasteiger partial charge in [0.05, 0.1) is 12.2 Å². The van der Waals surface area contributed by atoms with Gasteiger partial charge in [0, 0.05) is 44.9 Å². The topological polar surface area (TPSA) is 177 Å². The number of hydrogen-bond acceptors (Lipinski definition) is 10. The summed E-state index contributed by atoms with van der Waals surface area (Å²) in [5.41, 5.74) is 1.61. The summed E-state index contributed by atoms with van der Waals surface area (Å²) in [4.78, 5) is 65.8. The van der Waals surface area contributed by atoms with Gasteiger partial charge >= 0.3 is 5.97 Å². The van der Waals surface area contributed by atoms with Gasteiger partial charge in [0.2, 0.25) is 5.79 Å². The van der Waals surface area contributed by atoms with Crippen LogP contribution in [0.3, 0.4) is 0 Å². The Kier molecular flexibility index (Phi) is 22.1. The van der Waals surface area contributed by atoms with Crippen LogP contribution in [0.2, 0.25) is 0 Å². The molecule has 0 radical (unpaired) electrons. The van der Waals surface area contributed by atoms with E-state index >= 15 is 0 Å². The Morgan fingerprint density at radius 2 is 1.65 bits per heavy atom. The van der Waals surface area contributed by atoms with Gasteiger partial charge in [0.25, 0.3) is 11.7 Å². The van der Waals surface area contributed by atoms with Crippen molar-refractivity contribution in [3.05, 3.63) is 47.6 Å². The molecular formula is C50H79NO11. The highest BCUT2D eigenvalue weighted by atomic mass is 16.6. The number of carboxylic acids is 1. The maximum Gasteiger partial charge on any atom is 0.326 e. The summed E-state index contributed by atoms with van der Waals surface area (Å²) in [6, 6.07) is -1.09. The number of aliphatic carboxylic acids is 1. The Balaban J connectivity index is 1.44. The molecule has 0 spiro atoms. The molecule has 1 amide bonds. The normalized spacial score (nSPS) is 28.3. The zero-order chi connectivity index (χ0) is 46.1. The van der Waals surface area contributed by atoms with Crippen molar-refractivity contribution < 1.29 is 53.5 Å². The molecule has 2 saturated heterocycles. The van der Waals surface area contributed by atoms with E-state index in [0.29, 0.717) is 74.9 Å². The first-order valence-corrected chi connectivity index (χ1v) is 23.3. The van der Waals surface area contributed by atoms with Crippen molar-refractivity contribution in [1.82, 2.24) is 4.90 Å². The maximum atomic E-state index is 13.5. The third-order valence-corrected chi connectivity index (χ3v) is 13.6. The van der Waals surface area contributed by atoms with E-state index in [2.05, 4.69) is 6.92 Å². The number of amides is 1. The number of Topliss-reactive ketones (excluding diaryl/α,β-unsaturated/α-hetero) is 3. The highest BCUT2D eigenvalue weighted by molar-refractivity contribution is 6.39. The van der Waals surface area contributed by atoms with Crippen LogP contribution in [0.25, 0.3) is 0 Å². The van der Waals surface area contributed by atoms with Crippen LogP contribution >= 0.6 is 0 Å². The molecule has 3 fully saturated rings. The maximum absolute atomic E-state index is 13.5. The minimum Gasteiger partial charge on any atom is -0.480 e. The van der Waals surface area contributed by atoms with Gasteiger partial charge in [0.1, 0.15) is 24.0 Å². The summed E-state index contributed by atoms with van der Waals surface area (Å²) in [5, 5.41) is 32.1. The van der Waals surface area contributed by atoms with Crippen molar-refractivity contribution in [3.63, 3.8) is 0 Å². The van der Waals surface area contributed by atoms with Gasteiger partial charge in [-0.1, -0.05) is 89.5 Å². The summed E-state index contributed by atoms with van der Waals surface area (Å²) in [5.74, 6) is -5.82. The standard InChI is InChI=1S/C50H79NO11/c1-32(21-24-40-25-23-38(7)50(59,62-40)47(55)48(56)51-27-14-13-20-42(51)49(57)58)16-11-10-12-17-33(2)28-36(5)44(53)46(61-9)45(54)37(6)30-35(4)43(52)26-22-34(3)29-39-18-15-19-41(31-39)60-8/h10-12,16-17,30,33-36,38-42,45-46,54,59H,13-15,18-29,31H2,1-9H3,(H,57,58)/b11-10+,17-12+,32-16+,37-30+/t33-,34+,35-,36-,38-,39?,40-,41+,42+,45-,46+,50-/m1/s1. The van der Waals surface area contributed by atoms with Gasteiger partial charge in [-0.25, -0.2) is 4.79 Å². The summed E-state index contributed by atoms with van der Waals surface area (Å²) in [7, 11) is 3.22.